The maximum atomic E-state index is 12.8. The molecule has 10 heteroatoms. The fourth-order valence-electron chi connectivity index (χ4n) is 4.08. The Morgan fingerprint density at radius 3 is 2.47 bits per heavy atom. The third-order valence-corrected chi connectivity index (χ3v) is 7.70. The Morgan fingerprint density at radius 2 is 1.72 bits per heavy atom. The molecule has 1 amide bonds. The molecule has 0 aliphatic carbocycles. The molecule has 4 aromatic rings. The Bertz CT molecular complexity index is 1440. The number of benzene rings is 2. The van der Waals surface area contributed by atoms with Crippen LogP contribution in [0, 0.1) is 0 Å². The van der Waals surface area contributed by atoms with Crippen LogP contribution in [-0.4, -0.2) is 64.0 Å². The topological polar surface area (TPSA) is 121 Å². The fourth-order valence-corrected chi connectivity index (χ4v) is 5.36. The van der Waals surface area contributed by atoms with Crippen LogP contribution < -0.4 is 5.32 Å². The van der Waals surface area contributed by atoms with Gasteiger partial charge < -0.3 is 5.32 Å². The summed E-state index contributed by atoms with van der Waals surface area (Å²) in [4.78, 5) is 23.5. The van der Waals surface area contributed by atoms with Crippen molar-refractivity contribution < 1.29 is 13.2 Å². The molecular weight excluding hydrogens is 476 g/mol. The molecule has 1 saturated heterocycles. The Morgan fingerprint density at radius 1 is 0.972 bits per heavy atom. The predicted octanol–water partition coefficient (Wildman–Crippen LogP) is 2.94. The summed E-state index contributed by atoms with van der Waals surface area (Å²) < 4.78 is 23.3. The summed E-state index contributed by atoms with van der Waals surface area (Å²) in [5, 5.41) is 10.2. The number of nitrogens with one attached hydrogen (secondary N) is 2. The molecule has 1 aliphatic heterocycles. The maximum Gasteiger partial charge on any atom is 0.255 e. The highest BCUT2D eigenvalue weighted by molar-refractivity contribution is 7.91. The van der Waals surface area contributed by atoms with Crippen LogP contribution in [0.15, 0.2) is 73.1 Å². The van der Waals surface area contributed by atoms with Gasteiger partial charge in [0.25, 0.3) is 5.91 Å². The summed E-state index contributed by atoms with van der Waals surface area (Å²) in [6.45, 7) is 1.65. The number of rotatable bonds is 7. The minimum atomic E-state index is -2.91. The highest BCUT2D eigenvalue weighted by Gasteiger charge is 2.21. The molecular formula is C26H26N6O3S. The summed E-state index contributed by atoms with van der Waals surface area (Å²) >= 11 is 0. The number of anilines is 1. The first-order chi connectivity index (χ1) is 17.4. The molecule has 0 atom stereocenters. The monoisotopic (exact) mass is 502 g/mol. The van der Waals surface area contributed by atoms with Crippen LogP contribution in [0.1, 0.15) is 27.3 Å². The van der Waals surface area contributed by atoms with E-state index < -0.39 is 9.84 Å². The van der Waals surface area contributed by atoms with E-state index >= 15 is 0 Å². The number of nitrogens with zero attached hydrogens (tertiary/aromatic N) is 4. The van der Waals surface area contributed by atoms with Gasteiger partial charge in [0, 0.05) is 55.3 Å². The second-order valence-electron chi connectivity index (χ2n) is 8.80. The second kappa shape index (κ2) is 10.4. The lowest BCUT2D eigenvalue weighted by Gasteiger charge is -2.26. The first-order valence-electron chi connectivity index (χ1n) is 11.7. The number of pyridine rings is 1. The summed E-state index contributed by atoms with van der Waals surface area (Å²) in [6, 6.07) is 18.7. The molecule has 1 fully saturated rings. The number of amides is 1. The van der Waals surface area contributed by atoms with Crippen molar-refractivity contribution in [2.24, 2.45) is 0 Å². The highest BCUT2D eigenvalue weighted by atomic mass is 32.2. The van der Waals surface area contributed by atoms with Gasteiger partial charge in [-0.3, -0.25) is 19.8 Å². The van der Waals surface area contributed by atoms with Crippen LogP contribution in [0.25, 0.3) is 11.4 Å². The smallest absolute Gasteiger partial charge is 0.255 e. The average molecular weight is 503 g/mol. The van der Waals surface area contributed by atoms with E-state index in [-0.39, 0.29) is 17.4 Å². The van der Waals surface area contributed by atoms with E-state index in [2.05, 4.69) is 30.4 Å². The van der Waals surface area contributed by atoms with Crippen LogP contribution >= 0.6 is 0 Å². The van der Waals surface area contributed by atoms with Crippen LogP contribution in [-0.2, 0) is 22.8 Å². The number of hydrogen-bond acceptors (Lipinski definition) is 7. The van der Waals surface area contributed by atoms with Crippen LogP contribution in [0.2, 0.25) is 0 Å². The Kier molecular flexibility index (Phi) is 6.88. The average Bonchev–Trinajstić information content (AvgIpc) is 3.35. The van der Waals surface area contributed by atoms with E-state index in [0.717, 1.165) is 22.5 Å². The second-order valence-corrected chi connectivity index (χ2v) is 11.1. The van der Waals surface area contributed by atoms with Gasteiger partial charge in [-0.05, 0) is 59.7 Å². The molecule has 184 valence electrons. The van der Waals surface area contributed by atoms with Gasteiger partial charge in [0.1, 0.15) is 5.82 Å². The lowest BCUT2D eigenvalue weighted by atomic mass is 10.1. The molecule has 2 aromatic heterocycles. The molecule has 9 nitrogen and oxygen atoms in total. The molecule has 0 radical (unpaired) electrons. The zero-order chi connectivity index (χ0) is 25.0. The number of carbonyl (C=O) groups is 1. The molecule has 0 spiro atoms. The normalized spacial score (nSPS) is 15.4. The van der Waals surface area contributed by atoms with Gasteiger partial charge in [-0.1, -0.05) is 12.1 Å². The third-order valence-electron chi connectivity index (χ3n) is 6.09. The lowest BCUT2D eigenvalue weighted by molar-refractivity contribution is 0.102. The molecule has 2 aromatic carbocycles. The molecule has 3 heterocycles. The van der Waals surface area contributed by atoms with Crippen molar-refractivity contribution in [1.82, 2.24) is 25.1 Å². The largest absolute Gasteiger partial charge is 0.322 e. The fraction of sp³-hybridized carbons (Fsp3) is 0.231. The third kappa shape index (κ3) is 6.02. The maximum absolute atomic E-state index is 12.8. The van der Waals surface area contributed by atoms with Gasteiger partial charge in [0.15, 0.2) is 15.7 Å². The van der Waals surface area contributed by atoms with Crippen LogP contribution in [0.4, 0.5) is 5.69 Å². The number of hydrogen-bond donors (Lipinski definition) is 2. The van der Waals surface area contributed by atoms with Gasteiger partial charge in [-0.25, -0.2) is 13.4 Å². The van der Waals surface area contributed by atoms with Gasteiger partial charge >= 0.3 is 0 Å². The van der Waals surface area contributed by atoms with Gasteiger partial charge in [0.05, 0.1) is 11.5 Å². The van der Waals surface area contributed by atoms with Crippen molar-refractivity contribution in [1.29, 1.82) is 0 Å². The van der Waals surface area contributed by atoms with Gasteiger partial charge in [-0.2, -0.15) is 5.10 Å². The molecule has 0 saturated carbocycles. The van der Waals surface area contributed by atoms with Crippen molar-refractivity contribution in [2.75, 3.05) is 29.9 Å². The zero-order valence-electron chi connectivity index (χ0n) is 19.6. The van der Waals surface area contributed by atoms with Crippen molar-refractivity contribution >= 4 is 21.4 Å². The minimum Gasteiger partial charge on any atom is -0.322 e. The molecule has 0 bridgehead atoms. The minimum absolute atomic E-state index is 0.184. The lowest BCUT2D eigenvalue weighted by Crippen LogP contribution is -2.39. The summed E-state index contributed by atoms with van der Waals surface area (Å²) in [6.07, 6.45) is 4.14. The first-order valence-corrected chi connectivity index (χ1v) is 13.5. The van der Waals surface area contributed by atoms with Crippen molar-refractivity contribution in [3.63, 3.8) is 0 Å². The van der Waals surface area contributed by atoms with E-state index in [9.17, 15) is 13.2 Å². The molecule has 5 rings (SSSR count). The van der Waals surface area contributed by atoms with Crippen LogP contribution in [0.5, 0.6) is 0 Å². The summed E-state index contributed by atoms with van der Waals surface area (Å²) in [7, 11) is -2.91. The van der Waals surface area contributed by atoms with E-state index in [0.29, 0.717) is 43.1 Å². The van der Waals surface area contributed by atoms with Gasteiger partial charge in [-0.15, -0.1) is 0 Å². The molecule has 0 unspecified atom stereocenters. The van der Waals surface area contributed by atoms with Crippen molar-refractivity contribution in [3.8, 4) is 11.4 Å². The molecule has 1 aliphatic rings. The van der Waals surface area contributed by atoms with E-state index in [1.165, 1.54) is 0 Å². The quantitative estimate of drug-likeness (QED) is 0.399. The van der Waals surface area contributed by atoms with Gasteiger partial charge in [0.2, 0.25) is 0 Å². The Balaban J connectivity index is 1.19. The molecule has 2 N–H and O–H groups in total. The van der Waals surface area contributed by atoms with Crippen molar-refractivity contribution in [3.05, 3.63) is 95.6 Å². The number of aromatic nitrogens is 4. The Hall–Kier alpha value is -3.89. The van der Waals surface area contributed by atoms with E-state index in [1.807, 2.05) is 54.6 Å². The van der Waals surface area contributed by atoms with Crippen LogP contribution in [0.3, 0.4) is 0 Å². The van der Waals surface area contributed by atoms with E-state index in [1.54, 1.807) is 18.5 Å². The summed E-state index contributed by atoms with van der Waals surface area (Å²) in [5.41, 5.74) is 4.14. The Labute approximate surface area is 209 Å². The highest BCUT2D eigenvalue weighted by Crippen LogP contribution is 2.20. The number of sulfone groups is 1. The first kappa shape index (κ1) is 23.8. The number of H-pyrrole nitrogens is 1. The standard InChI is InChI=1S/C26H26N6O3S/c33-26(22-3-1-2-20(16-22)18-32-12-14-36(34,35)15-13-32)28-23-6-4-21(5-7-23)25-29-24(30-31-25)17-19-8-10-27-11-9-19/h1-11,16H,12-15,17-18H2,(H,28,33)(H,29,30,31). The zero-order valence-corrected chi connectivity index (χ0v) is 20.4. The SMILES string of the molecule is O=C(Nc1ccc(-c2n[nH]c(Cc3ccncc3)n2)cc1)c1cccc(CN2CCS(=O)(=O)CC2)c1. The molecule has 36 heavy (non-hydrogen) atoms. The number of carbonyl (C=O) groups excluding carboxylic acids is 1. The van der Waals surface area contributed by atoms with Crippen molar-refractivity contribution in [2.45, 2.75) is 13.0 Å². The van der Waals surface area contributed by atoms with E-state index in [4.69, 9.17) is 0 Å². The number of aromatic amines is 1. The predicted molar refractivity (Wildman–Crippen MR) is 137 cm³/mol. The summed E-state index contributed by atoms with van der Waals surface area (Å²) in [5.74, 6) is 1.52.